The first-order valence-electron chi connectivity index (χ1n) is 6.90. The molecule has 0 aliphatic rings. The molecule has 2 N–H and O–H groups in total. The Kier molecular flexibility index (Phi) is 4.98. The van der Waals surface area contributed by atoms with E-state index in [4.69, 9.17) is 0 Å². The molecule has 0 spiro atoms. The Labute approximate surface area is 125 Å². The van der Waals surface area contributed by atoms with Gasteiger partial charge < -0.3 is 5.32 Å². The van der Waals surface area contributed by atoms with Gasteiger partial charge in [-0.05, 0) is 31.2 Å². The topological polar surface area (TPSA) is 76.0 Å². The van der Waals surface area contributed by atoms with Gasteiger partial charge in [-0.25, -0.2) is 8.42 Å². The van der Waals surface area contributed by atoms with Crippen LogP contribution >= 0.6 is 0 Å². The van der Waals surface area contributed by atoms with Crippen molar-refractivity contribution in [3.05, 3.63) is 42.2 Å². The number of aromatic nitrogens is 2. The lowest BCUT2D eigenvalue weighted by Crippen LogP contribution is -2.15. The van der Waals surface area contributed by atoms with Crippen molar-refractivity contribution in [1.82, 2.24) is 15.1 Å². The van der Waals surface area contributed by atoms with Crippen LogP contribution in [0.15, 0.2) is 41.6 Å². The van der Waals surface area contributed by atoms with Crippen molar-refractivity contribution < 1.29 is 8.42 Å². The zero-order valence-electron chi connectivity index (χ0n) is 12.2. The molecule has 0 bridgehead atoms. The third kappa shape index (κ3) is 4.05. The van der Waals surface area contributed by atoms with Crippen molar-refractivity contribution in [3.8, 4) is 0 Å². The highest BCUT2D eigenvalue weighted by molar-refractivity contribution is 7.92. The van der Waals surface area contributed by atoms with E-state index in [9.17, 15) is 8.42 Å². The van der Waals surface area contributed by atoms with Crippen LogP contribution in [-0.2, 0) is 23.1 Å². The Balaban J connectivity index is 2.18. The molecule has 0 atom stereocenters. The van der Waals surface area contributed by atoms with Crippen LogP contribution < -0.4 is 10.0 Å². The van der Waals surface area contributed by atoms with Gasteiger partial charge in [-0.2, -0.15) is 5.10 Å². The summed E-state index contributed by atoms with van der Waals surface area (Å²) in [6.07, 6.45) is 3.17. The summed E-state index contributed by atoms with van der Waals surface area (Å²) in [6.45, 7) is 6.13. The van der Waals surface area contributed by atoms with Crippen LogP contribution in [-0.4, -0.2) is 24.7 Å². The molecule has 0 unspecified atom stereocenters. The molecule has 2 aromatic rings. The summed E-state index contributed by atoms with van der Waals surface area (Å²) >= 11 is 0. The molecule has 0 fully saturated rings. The molecule has 0 radical (unpaired) electrons. The molecule has 0 saturated heterocycles. The monoisotopic (exact) mass is 308 g/mol. The maximum absolute atomic E-state index is 12.4. The molecule has 1 aromatic carbocycles. The second-order valence-electron chi connectivity index (χ2n) is 4.62. The Hall–Kier alpha value is -1.86. The lowest BCUT2D eigenvalue weighted by atomic mass is 10.2. The van der Waals surface area contributed by atoms with Gasteiger partial charge in [-0.1, -0.05) is 19.1 Å². The first kappa shape index (κ1) is 15.5. The molecule has 0 amide bonds. The van der Waals surface area contributed by atoms with E-state index in [1.165, 1.54) is 6.20 Å². The minimum atomic E-state index is -3.59. The Bertz CT molecular complexity index is 695. The van der Waals surface area contributed by atoms with Gasteiger partial charge >= 0.3 is 0 Å². The maximum atomic E-state index is 12.4. The molecular formula is C14H20N4O2S. The molecule has 2 rings (SSSR count). The van der Waals surface area contributed by atoms with Gasteiger partial charge in [0.2, 0.25) is 0 Å². The van der Waals surface area contributed by atoms with Crippen molar-refractivity contribution >= 4 is 15.7 Å². The zero-order chi connectivity index (χ0) is 15.3. The van der Waals surface area contributed by atoms with Crippen LogP contribution in [0.25, 0.3) is 0 Å². The largest absolute Gasteiger partial charge is 0.313 e. The van der Waals surface area contributed by atoms with Crippen molar-refractivity contribution in [2.45, 2.75) is 31.8 Å². The lowest BCUT2D eigenvalue weighted by molar-refractivity contribution is 0.601. The first-order valence-corrected chi connectivity index (χ1v) is 8.38. The van der Waals surface area contributed by atoms with Crippen molar-refractivity contribution in [3.63, 3.8) is 0 Å². The van der Waals surface area contributed by atoms with Crippen molar-refractivity contribution in [1.29, 1.82) is 0 Å². The highest BCUT2D eigenvalue weighted by Crippen LogP contribution is 2.16. The molecule has 1 heterocycles. The average Bonchev–Trinajstić information content (AvgIpc) is 2.92. The number of nitrogens with one attached hydrogen (secondary N) is 2. The summed E-state index contributed by atoms with van der Waals surface area (Å²) in [7, 11) is -3.59. The standard InChI is InChI=1S/C14H20N4O2S/c1-3-15-9-12-6-5-7-14(8-12)21(19,20)17-13-10-16-18(4-2)11-13/h5-8,10-11,15,17H,3-4,9H2,1-2H3. The molecule has 114 valence electrons. The van der Waals surface area contributed by atoms with Gasteiger partial charge in [-0.15, -0.1) is 0 Å². The number of nitrogens with zero attached hydrogens (tertiary/aromatic N) is 2. The highest BCUT2D eigenvalue weighted by Gasteiger charge is 2.15. The van der Waals surface area contributed by atoms with E-state index >= 15 is 0 Å². The fourth-order valence-electron chi connectivity index (χ4n) is 1.90. The quantitative estimate of drug-likeness (QED) is 0.818. The summed E-state index contributed by atoms with van der Waals surface area (Å²) < 4.78 is 28.9. The van der Waals surface area contributed by atoms with Gasteiger partial charge in [-0.3, -0.25) is 9.40 Å². The number of benzene rings is 1. The number of aryl methyl sites for hydroxylation is 1. The van der Waals surface area contributed by atoms with Crippen LogP contribution in [0.4, 0.5) is 5.69 Å². The van der Waals surface area contributed by atoms with Crippen LogP contribution in [0.3, 0.4) is 0 Å². The number of anilines is 1. The van der Waals surface area contributed by atoms with E-state index in [1.54, 1.807) is 29.1 Å². The third-order valence-electron chi connectivity index (χ3n) is 3.00. The molecular weight excluding hydrogens is 288 g/mol. The summed E-state index contributed by atoms with van der Waals surface area (Å²) in [4.78, 5) is 0.252. The zero-order valence-corrected chi connectivity index (χ0v) is 13.0. The van der Waals surface area contributed by atoms with Crippen LogP contribution in [0.5, 0.6) is 0 Å². The summed E-state index contributed by atoms with van der Waals surface area (Å²) in [6, 6.07) is 6.91. The number of rotatable bonds is 7. The maximum Gasteiger partial charge on any atom is 0.262 e. The van der Waals surface area contributed by atoms with Crippen molar-refractivity contribution in [2.24, 2.45) is 0 Å². The minimum absolute atomic E-state index is 0.252. The van der Waals surface area contributed by atoms with E-state index < -0.39 is 10.0 Å². The molecule has 6 nitrogen and oxygen atoms in total. The van der Waals surface area contributed by atoms with Crippen LogP contribution in [0.2, 0.25) is 0 Å². The first-order chi connectivity index (χ1) is 10.0. The number of hydrogen-bond acceptors (Lipinski definition) is 4. The minimum Gasteiger partial charge on any atom is -0.313 e. The average molecular weight is 308 g/mol. The molecule has 0 aliphatic heterocycles. The van der Waals surface area contributed by atoms with E-state index in [1.807, 2.05) is 19.9 Å². The molecule has 0 aliphatic carbocycles. The van der Waals surface area contributed by atoms with E-state index in [2.05, 4.69) is 15.1 Å². The second kappa shape index (κ2) is 6.73. The molecule has 7 heteroatoms. The summed E-state index contributed by atoms with van der Waals surface area (Å²) in [5.74, 6) is 0. The Morgan fingerprint density at radius 2 is 2.10 bits per heavy atom. The Morgan fingerprint density at radius 3 is 2.76 bits per heavy atom. The molecule has 1 aromatic heterocycles. The fraction of sp³-hybridized carbons (Fsp3) is 0.357. The van der Waals surface area contributed by atoms with Crippen LogP contribution in [0, 0.1) is 0 Å². The second-order valence-corrected chi connectivity index (χ2v) is 6.30. The normalized spacial score (nSPS) is 11.5. The highest BCUT2D eigenvalue weighted by atomic mass is 32.2. The predicted octanol–water partition coefficient (Wildman–Crippen LogP) is 1.81. The van der Waals surface area contributed by atoms with Gasteiger partial charge in [0.25, 0.3) is 10.0 Å². The van der Waals surface area contributed by atoms with Gasteiger partial charge in [0.15, 0.2) is 0 Å². The smallest absolute Gasteiger partial charge is 0.262 e. The molecule has 21 heavy (non-hydrogen) atoms. The van der Waals surface area contributed by atoms with Gasteiger partial charge in [0.05, 0.1) is 16.8 Å². The summed E-state index contributed by atoms with van der Waals surface area (Å²) in [5.41, 5.74) is 1.40. The van der Waals surface area contributed by atoms with Crippen LogP contribution in [0.1, 0.15) is 19.4 Å². The molecule has 0 saturated carbocycles. The fourth-order valence-corrected chi connectivity index (χ4v) is 2.99. The third-order valence-corrected chi connectivity index (χ3v) is 4.38. The number of hydrogen-bond donors (Lipinski definition) is 2. The van der Waals surface area contributed by atoms with Gasteiger partial charge in [0.1, 0.15) is 0 Å². The lowest BCUT2D eigenvalue weighted by Gasteiger charge is -2.08. The van der Waals surface area contributed by atoms with E-state index in [0.29, 0.717) is 18.8 Å². The predicted molar refractivity (Wildman–Crippen MR) is 82.5 cm³/mol. The Morgan fingerprint density at radius 1 is 1.29 bits per heavy atom. The SMILES string of the molecule is CCNCc1cccc(S(=O)(=O)Nc2cnn(CC)c2)c1. The van der Waals surface area contributed by atoms with E-state index in [-0.39, 0.29) is 4.90 Å². The van der Waals surface area contributed by atoms with Crippen molar-refractivity contribution in [2.75, 3.05) is 11.3 Å². The van der Waals surface area contributed by atoms with Gasteiger partial charge in [0, 0.05) is 19.3 Å². The number of sulfonamides is 1. The van der Waals surface area contributed by atoms with E-state index in [0.717, 1.165) is 12.1 Å². The summed E-state index contributed by atoms with van der Waals surface area (Å²) in [5, 5.41) is 7.23.